The fraction of sp³-hybridized carbons (Fsp3) is 0.619. The van der Waals surface area contributed by atoms with Gasteiger partial charge in [-0.25, -0.2) is 4.98 Å². The zero-order valence-electron chi connectivity index (χ0n) is 18.3. The van der Waals surface area contributed by atoms with Gasteiger partial charge in [0.2, 0.25) is 11.9 Å². The summed E-state index contributed by atoms with van der Waals surface area (Å²) in [7, 11) is 2.13. The SMILES string of the molecule is CN1CCN(c2nccc(N3CCC[C@H]3C(=O)Nc3cc(C(C)(C)C)on3)n2)CC1. The van der Waals surface area contributed by atoms with Crippen LogP contribution in [0.25, 0.3) is 0 Å². The van der Waals surface area contributed by atoms with Gasteiger partial charge >= 0.3 is 0 Å². The molecule has 2 saturated heterocycles. The molecule has 1 amide bonds. The minimum absolute atomic E-state index is 0.0824. The van der Waals surface area contributed by atoms with Crippen molar-refractivity contribution >= 4 is 23.5 Å². The van der Waals surface area contributed by atoms with Crippen molar-refractivity contribution in [2.75, 3.05) is 54.9 Å². The largest absolute Gasteiger partial charge is 0.359 e. The van der Waals surface area contributed by atoms with Crippen LogP contribution in [-0.2, 0) is 10.2 Å². The molecule has 9 heteroatoms. The van der Waals surface area contributed by atoms with E-state index in [1.165, 1.54) is 0 Å². The number of nitrogens with zero attached hydrogens (tertiary/aromatic N) is 6. The Morgan fingerprint density at radius 2 is 1.97 bits per heavy atom. The second-order valence-electron chi connectivity index (χ2n) is 9.17. The number of nitrogens with one attached hydrogen (secondary N) is 1. The van der Waals surface area contributed by atoms with Crippen molar-refractivity contribution in [1.29, 1.82) is 0 Å². The van der Waals surface area contributed by atoms with Gasteiger partial charge in [0.25, 0.3) is 0 Å². The van der Waals surface area contributed by atoms with Crippen molar-refractivity contribution in [3.8, 4) is 0 Å². The second kappa shape index (κ2) is 8.22. The average molecular weight is 414 g/mol. The molecule has 0 spiro atoms. The molecule has 0 aliphatic carbocycles. The van der Waals surface area contributed by atoms with Crippen LogP contribution >= 0.6 is 0 Å². The molecule has 2 aromatic rings. The van der Waals surface area contributed by atoms with Crippen LogP contribution in [0.4, 0.5) is 17.6 Å². The van der Waals surface area contributed by atoms with E-state index >= 15 is 0 Å². The predicted octanol–water partition coefficient (Wildman–Crippen LogP) is 2.12. The molecule has 9 nitrogen and oxygen atoms in total. The Morgan fingerprint density at radius 3 is 2.67 bits per heavy atom. The lowest BCUT2D eigenvalue weighted by Crippen LogP contribution is -2.45. The van der Waals surface area contributed by atoms with Gasteiger partial charge in [-0.05, 0) is 26.0 Å². The van der Waals surface area contributed by atoms with E-state index in [9.17, 15) is 4.79 Å². The number of likely N-dealkylation sites (N-methyl/N-ethyl adjacent to an activating group) is 1. The number of hydrogen-bond donors (Lipinski definition) is 1. The third-order valence-electron chi connectivity index (χ3n) is 5.76. The number of anilines is 3. The molecular weight excluding hydrogens is 382 g/mol. The summed E-state index contributed by atoms with van der Waals surface area (Å²) in [6.45, 7) is 10.7. The minimum atomic E-state index is -0.282. The van der Waals surface area contributed by atoms with E-state index in [-0.39, 0.29) is 17.4 Å². The number of carbonyl (C=O) groups is 1. The Labute approximate surface area is 177 Å². The van der Waals surface area contributed by atoms with E-state index in [0.29, 0.717) is 5.82 Å². The third-order valence-corrected chi connectivity index (χ3v) is 5.76. The van der Waals surface area contributed by atoms with Crippen LogP contribution in [0.3, 0.4) is 0 Å². The molecule has 0 saturated carbocycles. The van der Waals surface area contributed by atoms with Gasteiger partial charge in [-0.2, -0.15) is 4.98 Å². The second-order valence-corrected chi connectivity index (χ2v) is 9.17. The summed E-state index contributed by atoms with van der Waals surface area (Å²) >= 11 is 0. The summed E-state index contributed by atoms with van der Waals surface area (Å²) < 4.78 is 5.39. The van der Waals surface area contributed by atoms with Crippen molar-refractivity contribution in [1.82, 2.24) is 20.0 Å². The van der Waals surface area contributed by atoms with E-state index in [2.05, 4.69) is 37.2 Å². The first-order chi connectivity index (χ1) is 14.3. The molecule has 0 aromatic carbocycles. The standard InChI is InChI=1S/C21H31N7O2/c1-21(2,3)16-14-17(25-30-16)23-19(29)15-6-5-9-28(15)18-7-8-22-20(24-18)27-12-10-26(4)11-13-27/h7-8,14-15H,5-6,9-13H2,1-4H3,(H,23,25,29)/t15-/m0/s1. The van der Waals surface area contributed by atoms with E-state index < -0.39 is 0 Å². The van der Waals surface area contributed by atoms with E-state index in [1.54, 1.807) is 12.3 Å². The molecule has 0 bridgehead atoms. The van der Waals surface area contributed by atoms with E-state index in [1.807, 2.05) is 26.8 Å². The molecule has 0 unspecified atom stereocenters. The molecular formula is C21H31N7O2. The van der Waals surface area contributed by atoms with Crippen molar-refractivity contribution in [3.63, 3.8) is 0 Å². The number of aromatic nitrogens is 3. The van der Waals surface area contributed by atoms with Crippen LogP contribution < -0.4 is 15.1 Å². The highest BCUT2D eigenvalue weighted by Crippen LogP contribution is 2.28. The van der Waals surface area contributed by atoms with Crippen LogP contribution in [0.1, 0.15) is 39.4 Å². The molecule has 30 heavy (non-hydrogen) atoms. The van der Waals surface area contributed by atoms with Gasteiger partial charge in [0, 0.05) is 50.4 Å². The number of amides is 1. The maximum atomic E-state index is 13.0. The highest BCUT2D eigenvalue weighted by atomic mass is 16.5. The van der Waals surface area contributed by atoms with Crippen LogP contribution in [0.2, 0.25) is 0 Å². The lowest BCUT2D eigenvalue weighted by atomic mass is 9.93. The smallest absolute Gasteiger partial charge is 0.248 e. The molecule has 2 aromatic heterocycles. The van der Waals surface area contributed by atoms with E-state index in [4.69, 9.17) is 9.51 Å². The molecule has 2 aliphatic heterocycles. The van der Waals surface area contributed by atoms with Crippen LogP contribution in [-0.4, -0.2) is 71.7 Å². The summed E-state index contributed by atoms with van der Waals surface area (Å²) in [4.78, 5) is 28.8. The van der Waals surface area contributed by atoms with Gasteiger partial charge in [0.05, 0.1) is 0 Å². The molecule has 2 aliphatic rings. The Hall–Kier alpha value is -2.68. The fourth-order valence-corrected chi connectivity index (χ4v) is 3.87. The summed E-state index contributed by atoms with van der Waals surface area (Å²) in [5, 5.41) is 6.93. The molecule has 4 rings (SSSR count). The van der Waals surface area contributed by atoms with E-state index in [0.717, 1.165) is 63.1 Å². The number of hydrogen-bond acceptors (Lipinski definition) is 8. The zero-order valence-corrected chi connectivity index (χ0v) is 18.3. The van der Waals surface area contributed by atoms with Gasteiger partial charge in [0.15, 0.2) is 5.82 Å². The number of carbonyl (C=O) groups excluding carboxylic acids is 1. The summed E-state index contributed by atoms with van der Waals surface area (Å²) in [5.74, 6) is 2.65. The summed E-state index contributed by atoms with van der Waals surface area (Å²) in [5.41, 5.74) is -0.157. The van der Waals surface area contributed by atoms with Crippen LogP contribution in [0.5, 0.6) is 0 Å². The maximum Gasteiger partial charge on any atom is 0.248 e. The third kappa shape index (κ3) is 4.40. The topological polar surface area (TPSA) is 90.6 Å². The van der Waals surface area contributed by atoms with Gasteiger partial charge in [-0.1, -0.05) is 25.9 Å². The van der Waals surface area contributed by atoms with Crippen LogP contribution in [0.15, 0.2) is 22.9 Å². The molecule has 0 radical (unpaired) electrons. The van der Waals surface area contributed by atoms with Gasteiger partial charge in [-0.15, -0.1) is 0 Å². The highest BCUT2D eigenvalue weighted by molar-refractivity contribution is 5.96. The van der Waals surface area contributed by atoms with Crippen molar-refractivity contribution in [3.05, 3.63) is 24.1 Å². The number of rotatable bonds is 4. The molecule has 1 atom stereocenters. The quantitative estimate of drug-likeness (QED) is 0.815. The molecule has 1 N–H and O–H groups in total. The zero-order chi connectivity index (χ0) is 21.3. The Balaban J connectivity index is 1.46. The Morgan fingerprint density at radius 1 is 1.20 bits per heavy atom. The summed E-state index contributed by atoms with van der Waals surface area (Å²) in [6, 6.07) is 3.40. The van der Waals surface area contributed by atoms with Crippen molar-refractivity contribution in [2.45, 2.75) is 45.1 Å². The van der Waals surface area contributed by atoms with Gasteiger partial charge in [0.1, 0.15) is 17.6 Å². The van der Waals surface area contributed by atoms with Gasteiger partial charge < -0.3 is 24.5 Å². The average Bonchev–Trinajstić information content (AvgIpc) is 3.38. The normalized spacial score (nSPS) is 20.6. The highest BCUT2D eigenvalue weighted by Gasteiger charge is 2.33. The molecule has 162 valence electrons. The summed E-state index contributed by atoms with van der Waals surface area (Å²) in [6.07, 6.45) is 3.51. The Kier molecular flexibility index (Phi) is 5.64. The van der Waals surface area contributed by atoms with Crippen LogP contribution in [0, 0.1) is 0 Å². The van der Waals surface area contributed by atoms with Gasteiger partial charge in [-0.3, -0.25) is 4.79 Å². The maximum absolute atomic E-state index is 13.0. The predicted molar refractivity (Wildman–Crippen MR) is 116 cm³/mol. The first kappa shape index (κ1) is 20.6. The fourth-order valence-electron chi connectivity index (χ4n) is 3.87. The Bertz CT molecular complexity index is 883. The minimum Gasteiger partial charge on any atom is -0.359 e. The van der Waals surface area contributed by atoms with Crippen molar-refractivity contribution < 1.29 is 9.32 Å². The first-order valence-electron chi connectivity index (χ1n) is 10.6. The molecule has 2 fully saturated rings. The molecule has 4 heterocycles. The monoisotopic (exact) mass is 413 g/mol. The lowest BCUT2D eigenvalue weighted by Gasteiger charge is -2.33. The lowest BCUT2D eigenvalue weighted by molar-refractivity contribution is -0.117. The van der Waals surface area contributed by atoms with Crippen molar-refractivity contribution in [2.24, 2.45) is 0 Å². The first-order valence-corrected chi connectivity index (χ1v) is 10.6. The number of piperazine rings is 1.